The molecule has 0 aliphatic carbocycles. The predicted octanol–water partition coefficient (Wildman–Crippen LogP) is -2.65. The SMILES string of the molecule is C[C@H](NC(=O)[C@@H](N)CO)C(=O)N[C@@H](Cc1cnc[nH]1)C(=O)O. The molecule has 1 rings (SSSR count). The Labute approximate surface area is 126 Å². The summed E-state index contributed by atoms with van der Waals surface area (Å²) in [6.45, 7) is 0.824. The quantitative estimate of drug-likeness (QED) is 0.304. The molecule has 0 spiro atoms. The highest BCUT2D eigenvalue weighted by atomic mass is 16.4. The first-order chi connectivity index (χ1) is 10.3. The number of rotatable bonds is 8. The minimum atomic E-state index is -1.21. The second-order valence-electron chi connectivity index (χ2n) is 4.70. The third kappa shape index (κ3) is 5.14. The number of carbonyl (C=O) groups excluding carboxylic acids is 2. The third-order valence-electron chi connectivity index (χ3n) is 2.88. The Morgan fingerprint density at radius 2 is 2.05 bits per heavy atom. The zero-order valence-electron chi connectivity index (χ0n) is 11.9. The van der Waals surface area contributed by atoms with Crippen LogP contribution in [-0.4, -0.2) is 62.7 Å². The Hall–Kier alpha value is -2.46. The zero-order chi connectivity index (χ0) is 16.7. The van der Waals surface area contributed by atoms with Crippen LogP contribution in [0.3, 0.4) is 0 Å². The largest absolute Gasteiger partial charge is 0.480 e. The molecule has 0 saturated carbocycles. The van der Waals surface area contributed by atoms with Gasteiger partial charge in [0.15, 0.2) is 0 Å². The van der Waals surface area contributed by atoms with Crippen molar-refractivity contribution in [1.29, 1.82) is 0 Å². The van der Waals surface area contributed by atoms with Crippen molar-refractivity contribution in [2.45, 2.75) is 31.5 Å². The maximum atomic E-state index is 11.9. The Morgan fingerprint density at radius 1 is 1.36 bits per heavy atom. The summed E-state index contributed by atoms with van der Waals surface area (Å²) in [7, 11) is 0. The summed E-state index contributed by atoms with van der Waals surface area (Å²) in [6.07, 6.45) is 2.88. The van der Waals surface area contributed by atoms with Gasteiger partial charge in [0.1, 0.15) is 18.1 Å². The van der Waals surface area contributed by atoms with Crippen LogP contribution in [0.25, 0.3) is 0 Å². The first-order valence-corrected chi connectivity index (χ1v) is 6.52. The van der Waals surface area contributed by atoms with Crippen LogP contribution in [0.2, 0.25) is 0 Å². The highest BCUT2D eigenvalue weighted by Gasteiger charge is 2.25. The number of H-pyrrole nitrogens is 1. The van der Waals surface area contributed by atoms with Gasteiger partial charge in [-0.3, -0.25) is 9.59 Å². The molecule has 0 unspecified atom stereocenters. The first-order valence-electron chi connectivity index (χ1n) is 6.52. The maximum Gasteiger partial charge on any atom is 0.326 e. The summed E-state index contributed by atoms with van der Waals surface area (Å²) in [5.41, 5.74) is 5.85. The lowest BCUT2D eigenvalue weighted by molar-refractivity contribution is -0.142. The van der Waals surface area contributed by atoms with Gasteiger partial charge in [0.25, 0.3) is 0 Å². The van der Waals surface area contributed by atoms with E-state index >= 15 is 0 Å². The van der Waals surface area contributed by atoms with Crippen LogP contribution in [0.4, 0.5) is 0 Å². The van der Waals surface area contributed by atoms with Crippen LogP contribution < -0.4 is 16.4 Å². The molecule has 3 atom stereocenters. The fourth-order valence-corrected chi connectivity index (χ4v) is 1.58. The summed E-state index contributed by atoms with van der Waals surface area (Å²) in [5.74, 6) is -2.59. The Bertz CT molecular complexity index is 518. The minimum absolute atomic E-state index is 0.0257. The average Bonchev–Trinajstić information content (AvgIpc) is 2.98. The molecule has 0 aliphatic rings. The number of carboxylic acids is 1. The summed E-state index contributed by atoms with van der Waals surface area (Å²) < 4.78 is 0. The van der Waals surface area contributed by atoms with E-state index in [0.29, 0.717) is 5.69 Å². The normalized spacial score (nSPS) is 14.7. The lowest BCUT2D eigenvalue weighted by Crippen LogP contribution is -2.54. The highest BCUT2D eigenvalue weighted by Crippen LogP contribution is 1.99. The first kappa shape index (κ1) is 17.6. The Balaban J connectivity index is 2.59. The molecular weight excluding hydrogens is 294 g/mol. The second-order valence-corrected chi connectivity index (χ2v) is 4.70. The van der Waals surface area contributed by atoms with Crippen LogP contribution in [0.1, 0.15) is 12.6 Å². The third-order valence-corrected chi connectivity index (χ3v) is 2.88. The molecule has 0 bridgehead atoms. The van der Waals surface area contributed by atoms with Crippen LogP contribution in [0, 0.1) is 0 Å². The second kappa shape index (κ2) is 8.10. The molecule has 0 aromatic carbocycles. The van der Waals surface area contributed by atoms with Gasteiger partial charge in [0, 0.05) is 18.3 Å². The number of aromatic amines is 1. The van der Waals surface area contributed by atoms with E-state index in [1.165, 1.54) is 19.4 Å². The number of nitrogens with zero attached hydrogens (tertiary/aromatic N) is 1. The molecular formula is C12H19N5O5. The number of aliphatic hydroxyl groups is 1. The smallest absolute Gasteiger partial charge is 0.326 e. The minimum Gasteiger partial charge on any atom is -0.480 e. The molecule has 10 nitrogen and oxygen atoms in total. The van der Waals surface area contributed by atoms with Gasteiger partial charge in [-0.15, -0.1) is 0 Å². The van der Waals surface area contributed by atoms with Crippen LogP contribution >= 0.6 is 0 Å². The number of hydrogen-bond acceptors (Lipinski definition) is 6. The molecule has 1 heterocycles. The number of hydrogen-bond donors (Lipinski definition) is 6. The average molecular weight is 313 g/mol. The molecule has 0 radical (unpaired) electrons. The summed E-state index contributed by atoms with van der Waals surface area (Å²) in [6, 6.07) is -3.30. The number of aliphatic carboxylic acids is 1. The standard InChI is InChI=1S/C12H19N5O5/c1-6(16-11(20)8(13)4-18)10(19)17-9(12(21)22)2-7-3-14-5-15-7/h3,5-6,8-9,18H,2,4,13H2,1H3,(H,14,15)(H,16,20)(H,17,19)(H,21,22)/t6-,8-,9-/m0/s1. The number of imidazole rings is 1. The molecule has 0 fully saturated rings. The van der Waals surface area contributed by atoms with Crippen molar-refractivity contribution in [1.82, 2.24) is 20.6 Å². The molecule has 0 saturated heterocycles. The Morgan fingerprint density at radius 3 is 2.55 bits per heavy atom. The lowest BCUT2D eigenvalue weighted by Gasteiger charge is -2.19. The molecule has 22 heavy (non-hydrogen) atoms. The van der Waals surface area contributed by atoms with E-state index in [2.05, 4.69) is 20.6 Å². The van der Waals surface area contributed by atoms with Gasteiger partial charge in [-0.05, 0) is 6.92 Å². The predicted molar refractivity (Wildman–Crippen MR) is 74.5 cm³/mol. The fraction of sp³-hybridized carbons (Fsp3) is 0.500. The monoisotopic (exact) mass is 313 g/mol. The fourth-order valence-electron chi connectivity index (χ4n) is 1.58. The van der Waals surface area contributed by atoms with E-state index in [9.17, 15) is 14.4 Å². The van der Waals surface area contributed by atoms with Gasteiger partial charge in [-0.25, -0.2) is 9.78 Å². The van der Waals surface area contributed by atoms with Crippen LogP contribution in [0.15, 0.2) is 12.5 Å². The van der Waals surface area contributed by atoms with E-state index in [-0.39, 0.29) is 6.42 Å². The number of nitrogens with one attached hydrogen (secondary N) is 3. The van der Waals surface area contributed by atoms with Gasteiger partial charge in [-0.1, -0.05) is 0 Å². The van der Waals surface area contributed by atoms with Gasteiger partial charge in [-0.2, -0.15) is 0 Å². The molecule has 1 aromatic heterocycles. The van der Waals surface area contributed by atoms with Gasteiger partial charge >= 0.3 is 5.97 Å². The molecule has 122 valence electrons. The van der Waals surface area contributed by atoms with E-state index in [0.717, 1.165) is 0 Å². The zero-order valence-corrected chi connectivity index (χ0v) is 11.9. The van der Waals surface area contributed by atoms with Crippen molar-refractivity contribution in [3.8, 4) is 0 Å². The number of amides is 2. The van der Waals surface area contributed by atoms with E-state index in [1.54, 1.807) is 0 Å². The van der Waals surface area contributed by atoms with E-state index in [1.807, 2.05) is 0 Å². The number of aliphatic hydroxyl groups excluding tert-OH is 1. The highest BCUT2D eigenvalue weighted by molar-refractivity contribution is 5.91. The van der Waals surface area contributed by atoms with Gasteiger partial charge < -0.3 is 31.6 Å². The summed E-state index contributed by atoms with van der Waals surface area (Å²) in [5, 5.41) is 22.5. The van der Waals surface area contributed by atoms with Crippen LogP contribution in [0.5, 0.6) is 0 Å². The topological polar surface area (TPSA) is 170 Å². The van der Waals surface area contributed by atoms with Crippen molar-refractivity contribution in [3.05, 3.63) is 18.2 Å². The van der Waals surface area contributed by atoms with Crippen molar-refractivity contribution in [2.75, 3.05) is 6.61 Å². The number of nitrogens with two attached hydrogens (primary N) is 1. The molecule has 7 N–H and O–H groups in total. The number of carbonyl (C=O) groups is 3. The molecule has 0 aliphatic heterocycles. The summed E-state index contributed by atoms with van der Waals surface area (Å²) in [4.78, 5) is 41.0. The number of aromatic nitrogens is 2. The van der Waals surface area contributed by atoms with Crippen molar-refractivity contribution >= 4 is 17.8 Å². The molecule has 10 heteroatoms. The molecule has 1 aromatic rings. The van der Waals surface area contributed by atoms with Crippen molar-refractivity contribution in [2.24, 2.45) is 5.73 Å². The maximum absolute atomic E-state index is 11.9. The van der Waals surface area contributed by atoms with Gasteiger partial charge in [0.2, 0.25) is 11.8 Å². The Kier molecular flexibility index (Phi) is 6.47. The van der Waals surface area contributed by atoms with Gasteiger partial charge in [0.05, 0.1) is 12.9 Å². The lowest BCUT2D eigenvalue weighted by atomic mass is 10.1. The van der Waals surface area contributed by atoms with E-state index in [4.69, 9.17) is 15.9 Å². The molecule has 2 amide bonds. The van der Waals surface area contributed by atoms with E-state index < -0.39 is 42.5 Å². The van der Waals surface area contributed by atoms with Crippen molar-refractivity contribution in [3.63, 3.8) is 0 Å². The van der Waals surface area contributed by atoms with Crippen LogP contribution in [-0.2, 0) is 20.8 Å². The number of carboxylic acid groups (broad SMARTS) is 1. The summed E-state index contributed by atoms with van der Waals surface area (Å²) >= 11 is 0. The van der Waals surface area contributed by atoms with Crippen molar-refractivity contribution < 1.29 is 24.6 Å².